The van der Waals surface area contributed by atoms with Crippen LogP contribution in [0.4, 0.5) is 0 Å². The molecule has 3 spiro atoms. The van der Waals surface area contributed by atoms with Crippen molar-refractivity contribution in [3.8, 4) is 52.4 Å². The van der Waals surface area contributed by atoms with Gasteiger partial charge in [-0.1, -0.05) is 80.9 Å². The third-order valence-corrected chi connectivity index (χ3v) is 27.3. The highest BCUT2D eigenvalue weighted by Gasteiger charge is 2.72. The number of carbonyl (C=O) groups excluding carboxylic acids is 1. The van der Waals surface area contributed by atoms with Crippen LogP contribution in [0.3, 0.4) is 0 Å². The summed E-state index contributed by atoms with van der Waals surface area (Å²) in [4.78, 5) is 27.5. The van der Waals surface area contributed by atoms with Crippen molar-refractivity contribution in [3.63, 3.8) is 0 Å². The maximum absolute atomic E-state index is 14.6. The third kappa shape index (κ3) is 11.0. The van der Waals surface area contributed by atoms with Gasteiger partial charge in [-0.2, -0.15) is 0 Å². The second kappa shape index (κ2) is 25.9. The van der Waals surface area contributed by atoms with Crippen molar-refractivity contribution < 1.29 is 44.2 Å². The number of pyridine rings is 1. The van der Waals surface area contributed by atoms with Crippen molar-refractivity contribution in [3.05, 3.63) is 154 Å². The average molecular weight is 1390 g/mol. The molecule has 538 valence electrons. The largest absolute Gasteiger partial charge is 0.504 e. The molecule has 19 nitrogen and oxygen atoms in total. The number of aromatic hydroxyl groups is 3. The van der Waals surface area contributed by atoms with Crippen LogP contribution in [0.1, 0.15) is 186 Å². The van der Waals surface area contributed by atoms with Gasteiger partial charge in [0.25, 0.3) is 0 Å². The highest BCUT2D eigenvalue weighted by atomic mass is 16.6. The zero-order valence-electron chi connectivity index (χ0n) is 59.2. The van der Waals surface area contributed by atoms with Crippen LogP contribution in [0.5, 0.6) is 28.7 Å². The lowest BCUT2D eigenvalue weighted by Gasteiger charge is -2.66. The third-order valence-electron chi connectivity index (χ3n) is 27.3. The first-order valence-electron chi connectivity index (χ1n) is 38.5. The number of hydrogen-bond donors (Lipinski definition) is 11. The molecule has 0 amide bonds. The molecule has 2 saturated heterocycles. The van der Waals surface area contributed by atoms with Crippen molar-refractivity contribution in [2.75, 3.05) is 26.2 Å². The van der Waals surface area contributed by atoms with E-state index < -0.39 is 65.1 Å². The van der Waals surface area contributed by atoms with Crippen LogP contribution >= 0.6 is 0 Å². The molecule has 6 aromatic rings. The maximum atomic E-state index is 14.6. The number of aromatic nitrogens is 3. The van der Waals surface area contributed by atoms with Gasteiger partial charge in [0.15, 0.2) is 29.0 Å². The van der Waals surface area contributed by atoms with Crippen LogP contribution in [0.2, 0.25) is 0 Å². The summed E-state index contributed by atoms with van der Waals surface area (Å²) in [6.07, 6.45) is 23.6. The Morgan fingerprint density at radius 3 is 2.67 bits per heavy atom. The normalized spacial score (nSPS) is 34.9. The van der Waals surface area contributed by atoms with Crippen LogP contribution < -0.4 is 41.8 Å². The minimum atomic E-state index is -1.11. The Labute approximate surface area is 603 Å². The predicted octanol–water partition coefficient (Wildman–Crippen LogP) is 11.2. The fourth-order valence-corrected chi connectivity index (χ4v) is 23.1. The quantitative estimate of drug-likeness (QED) is 0.0327. The molecule has 103 heavy (non-hydrogen) atoms. The number of benzene rings is 3. The Bertz CT molecular complexity index is 4530. The summed E-state index contributed by atoms with van der Waals surface area (Å²) >= 11 is 0. The zero-order valence-corrected chi connectivity index (χ0v) is 59.2. The Kier molecular flexibility index (Phi) is 16.7. The van der Waals surface area contributed by atoms with Gasteiger partial charge in [-0.25, -0.2) is 0 Å². The van der Waals surface area contributed by atoms with Crippen LogP contribution in [-0.2, 0) is 40.0 Å². The molecule has 0 radical (unpaired) electrons. The van der Waals surface area contributed by atoms with E-state index in [0.29, 0.717) is 99.9 Å². The molecule has 17 unspecified atom stereocenters. The number of aromatic amines is 1. The van der Waals surface area contributed by atoms with E-state index in [0.717, 1.165) is 86.4 Å². The summed E-state index contributed by atoms with van der Waals surface area (Å²) in [7, 11) is 0. The fraction of sp³-hybridized carbons (Fsp3) is 0.536. The number of phenolic OH excluding ortho intramolecular Hbond substituents is 3. The van der Waals surface area contributed by atoms with Gasteiger partial charge in [-0.15, -0.1) is 11.8 Å². The van der Waals surface area contributed by atoms with E-state index in [1.54, 1.807) is 24.5 Å². The highest BCUT2D eigenvalue weighted by molar-refractivity contribution is 5.85. The number of dihydropyridines is 1. The molecule has 3 aromatic carbocycles. The predicted molar refractivity (Wildman–Crippen MR) is 391 cm³/mol. The fourth-order valence-electron chi connectivity index (χ4n) is 23.1. The van der Waals surface area contributed by atoms with Gasteiger partial charge in [0.2, 0.25) is 5.75 Å². The van der Waals surface area contributed by atoms with Crippen molar-refractivity contribution in [1.29, 1.82) is 0 Å². The second-order valence-corrected chi connectivity index (χ2v) is 32.7. The number of hydrogen-bond acceptors (Lipinski definition) is 17. The van der Waals surface area contributed by atoms with Gasteiger partial charge in [0.1, 0.15) is 24.6 Å². The Balaban J connectivity index is 0.848. The van der Waals surface area contributed by atoms with Gasteiger partial charge in [0, 0.05) is 117 Å². The number of nitrogens with one attached hydrogen (secondary N) is 6. The van der Waals surface area contributed by atoms with Crippen molar-refractivity contribution >= 4 is 22.8 Å². The van der Waals surface area contributed by atoms with Crippen molar-refractivity contribution in [1.82, 2.24) is 41.1 Å². The number of fused-ring (bicyclic) bond motifs is 13. The van der Waals surface area contributed by atoms with E-state index in [1.807, 2.05) is 30.5 Å². The molecule has 5 aliphatic carbocycles. The van der Waals surface area contributed by atoms with E-state index >= 15 is 0 Å². The lowest BCUT2D eigenvalue weighted by Crippen LogP contribution is -2.82. The molecule has 10 heterocycles. The summed E-state index contributed by atoms with van der Waals surface area (Å²) in [5.74, 6) is 16.3. The summed E-state index contributed by atoms with van der Waals surface area (Å²) in [5, 5.41) is 71.7. The molecule has 3 aromatic heterocycles. The van der Waals surface area contributed by atoms with E-state index in [-0.39, 0.29) is 76.7 Å². The summed E-state index contributed by atoms with van der Waals surface area (Å²) in [6.45, 7) is 5.95. The number of rotatable bonds is 11. The van der Waals surface area contributed by atoms with Crippen LogP contribution in [-0.4, -0.2) is 109 Å². The number of ether oxygens (including phenoxy) is 4. The summed E-state index contributed by atoms with van der Waals surface area (Å²) in [5.41, 5.74) is 13.5. The summed E-state index contributed by atoms with van der Waals surface area (Å²) < 4.78 is 30.4. The second-order valence-electron chi connectivity index (χ2n) is 32.7. The molecule has 9 bridgehead atoms. The van der Waals surface area contributed by atoms with Gasteiger partial charge in [-0.05, 0) is 188 Å². The van der Waals surface area contributed by atoms with Crippen LogP contribution in [0, 0.1) is 69.0 Å². The smallest absolute Gasteiger partial charge is 0.302 e. The average Bonchev–Trinajstić information content (AvgIpc) is 1.62. The number of allylic oxidation sites excluding steroid dienone is 2. The standard InChI is InChI=1S/C84H98N10O9/c1-3-87-75-73-55-14-8-16-58(73)60-45-81(27-6-7-28-81)82(74(60)75,43-52-22-31-89-72(85)37-52)48-90-79-92-77-83(29-21-64-59-23-32-88-63(59)47-94(64)77)78(99)91-62-18-5-4-13-54(62)15-9-25-80(26-10-17-61-68(36-53(34-55)44-84(61,83)93-79)102-69-35-51(42-80)19-20-65(69)96)71-41-57(101-49(2)95)40-67(103-71)56-38-66(97)76(98)70(39-56)100-33-24-50-12-11-30-86-46-50/h8,11-12,14,16,19-20,22-23,30,32,35,37-39,46-47,53-54,57,60-62,67-68,71,74-75,77-78,87-89,91,96-99H,3-7,13,18,21,24-29,31,33-34,36,40-45,48,85H2,1-2H3,(H2,90,92,93). The molecule has 19 heteroatoms. The molecule has 4 saturated carbocycles. The molecular weight excluding hydrogens is 1290 g/mol. The van der Waals surface area contributed by atoms with Crippen LogP contribution in [0.25, 0.3) is 10.9 Å². The topological polar surface area (TPSA) is 267 Å². The number of aryl methyl sites for hydroxylation is 1. The lowest BCUT2D eigenvalue weighted by atomic mass is 9.49. The first-order chi connectivity index (χ1) is 50.1. The minimum Gasteiger partial charge on any atom is -0.504 e. The number of nitrogens with zero attached hydrogens (tertiary/aromatic N) is 3. The SMILES string of the molecule is CCNC1c2c3cccc2C2CC4(CCCC4)C(CC4=CCNC(N)=C4)(CN=C4NC5n6cc7[nH]ccc7c6CCC56C(O)NC5CCCCC5C#CCC5(C7CC(OC(C)=O)CC(c8cc(O)c(O)c(OCCc9cccnc9)c8)O7)CC#CC7C(CC(C3)CC76N4)Oc3cc(ccc3O)C5)C21. The van der Waals surface area contributed by atoms with Crippen molar-refractivity contribution in [2.45, 2.75) is 209 Å². The number of aliphatic imine (C=N–C) groups is 1. The number of nitrogens with two attached hydrogens (primary N) is 1. The Morgan fingerprint density at radius 2 is 1.83 bits per heavy atom. The number of guanidine groups is 1. The maximum Gasteiger partial charge on any atom is 0.302 e. The number of H-pyrrole nitrogens is 1. The molecule has 12 N–H and O–H groups in total. The van der Waals surface area contributed by atoms with E-state index in [4.69, 9.17) is 29.7 Å². The summed E-state index contributed by atoms with van der Waals surface area (Å²) in [6, 6.07) is 22.1. The highest BCUT2D eigenvalue weighted by Crippen LogP contribution is 2.75. The van der Waals surface area contributed by atoms with E-state index in [1.165, 1.54) is 53.8 Å². The first kappa shape index (κ1) is 66.4. The minimum absolute atomic E-state index is 0.0113. The van der Waals surface area contributed by atoms with E-state index in [9.17, 15) is 25.2 Å². The Hall–Kier alpha value is -8.59. The Morgan fingerprint density at radius 1 is 0.951 bits per heavy atom. The van der Waals surface area contributed by atoms with Crippen molar-refractivity contribution in [2.24, 2.45) is 56.1 Å². The molecule has 18 rings (SSSR count). The number of carbonyl (C=O) groups is 1. The van der Waals surface area contributed by atoms with Gasteiger partial charge < -0.3 is 75.9 Å². The molecule has 6 fully saturated rings. The van der Waals surface area contributed by atoms with Gasteiger partial charge in [-0.3, -0.25) is 20.1 Å². The monoisotopic (exact) mass is 1390 g/mol. The first-order valence-corrected chi connectivity index (χ1v) is 38.5. The lowest BCUT2D eigenvalue weighted by molar-refractivity contribution is -0.174. The number of esters is 1. The van der Waals surface area contributed by atoms with Gasteiger partial charge >= 0.3 is 5.97 Å². The molecule has 7 aliphatic heterocycles. The number of aliphatic hydroxyl groups is 1. The van der Waals surface area contributed by atoms with E-state index in [2.05, 4.69) is 114 Å². The van der Waals surface area contributed by atoms with Gasteiger partial charge in [0.05, 0.1) is 47.0 Å². The molecular formula is C84H98N10O9. The molecule has 17 atom stereocenters. The van der Waals surface area contributed by atoms with Crippen LogP contribution in [0.15, 0.2) is 120 Å². The molecule has 12 aliphatic rings. The number of phenols is 3. The number of aliphatic hydroxyl groups excluding tert-OH is 1. The zero-order chi connectivity index (χ0) is 70.0.